The van der Waals surface area contributed by atoms with Gasteiger partial charge in [0, 0.05) is 21.2 Å². The first-order chi connectivity index (χ1) is 14.6. The van der Waals surface area contributed by atoms with Gasteiger partial charge in [-0.1, -0.05) is 52.3 Å². The Labute approximate surface area is 187 Å². The van der Waals surface area contributed by atoms with E-state index in [0.29, 0.717) is 16.2 Å². The van der Waals surface area contributed by atoms with Gasteiger partial charge in [-0.2, -0.15) is 0 Å². The number of halogens is 2. The van der Waals surface area contributed by atoms with Crippen molar-refractivity contribution in [1.29, 1.82) is 0 Å². The van der Waals surface area contributed by atoms with Crippen LogP contribution < -0.4 is 0 Å². The third kappa shape index (κ3) is 5.04. The van der Waals surface area contributed by atoms with E-state index in [1.807, 2.05) is 54.6 Å². The lowest BCUT2D eigenvalue weighted by Gasteiger charge is -2.08. The average molecular weight is 478 g/mol. The van der Waals surface area contributed by atoms with Crippen molar-refractivity contribution in [2.75, 3.05) is 0 Å². The fourth-order valence-corrected chi connectivity index (χ4v) is 4.19. The highest BCUT2D eigenvalue weighted by Gasteiger charge is 2.14. The second kappa shape index (κ2) is 9.37. The molecule has 0 radical (unpaired) electrons. The van der Waals surface area contributed by atoms with Crippen LogP contribution in [-0.4, -0.2) is 10.8 Å². The molecule has 2 nitrogen and oxygen atoms in total. The zero-order valence-electron chi connectivity index (χ0n) is 15.9. The molecule has 0 unspecified atom stereocenters. The summed E-state index contributed by atoms with van der Waals surface area (Å²) in [4.78, 5) is 18.5. The molecule has 0 spiro atoms. The number of fused-ring (bicyclic) bond motifs is 1. The monoisotopic (exact) mass is 477 g/mol. The highest BCUT2D eigenvalue weighted by molar-refractivity contribution is 9.10. The zero-order chi connectivity index (χ0) is 20.9. The van der Waals surface area contributed by atoms with Gasteiger partial charge in [-0.05, 0) is 60.2 Å². The molecule has 0 N–H and O–H groups in total. The van der Waals surface area contributed by atoms with E-state index in [1.54, 1.807) is 24.3 Å². The Balaban J connectivity index is 1.67. The lowest BCUT2D eigenvalue weighted by atomic mass is 10.1. The number of thioether (sulfide) groups is 1. The molecule has 1 aromatic heterocycles. The van der Waals surface area contributed by atoms with Crippen molar-refractivity contribution in [2.45, 2.75) is 5.75 Å². The Kier molecular flexibility index (Phi) is 6.41. The predicted octanol–water partition coefficient (Wildman–Crippen LogP) is 7.29. The number of pyridine rings is 1. The highest BCUT2D eigenvalue weighted by atomic mass is 79.9. The van der Waals surface area contributed by atoms with Gasteiger partial charge < -0.3 is 0 Å². The van der Waals surface area contributed by atoms with Crippen LogP contribution in [0.2, 0.25) is 0 Å². The maximum atomic E-state index is 13.2. The Morgan fingerprint density at radius 2 is 1.67 bits per heavy atom. The van der Waals surface area contributed by atoms with Crippen LogP contribution in [0.25, 0.3) is 17.0 Å². The summed E-state index contributed by atoms with van der Waals surface area (Å²) < 4.78 is 14.1. The van der Waals surface area contributed by atoms with E-state index in [2.05, 4.69) is 20.9 Å². The van der Waals surface area contributed by atoms with E-state index < -0.39 is 0 Å². The van der Waals surface area contributed by atoms with E-state index in [-0.39, 0.29) is 11.6 Å². The number of hydrogen-bond acceptors (Lipinski definition) is 3. The van der Waals surface area contributed by atoms with Gasteiger partial charge in [0.15, 0.2) is 5.78 Å². The summed E-state index contributed by atoms with van der Waals surface area (Å²) in [5.74, 6) is 0.220. The highest BCUT2D eigenvalue weighted by Crippen LogP contribution is 2.28. The van der Waals surface area contributed by atoms with E-state index in [0.717, 1.165) is 26.6 Å². The first kappa shape index (κ1) is 20.5. The molecule has 0 saturated heterocycles. The lowest BCUT2D eigenvalue weighted by Crippen LogP contribution is -2.02. The lowest BCUT2D eigenvalue weighted by molar-refractivity contribution is 0.104. The standard InChI is InChI=1S/C25H17BrFNOS/c26-20-10-7-19(8-11-20)25(29)24(30-16-17-5-12-21(27)13-6-17)15-22-14-9-18-3-1-2-4-23(18)28-22/h1-15H,16H2/b24-15+. The second-order valence-corrected chi connectivity index (χ2v) is 8.62. The van der Waals surface area contributed by atoms with Crippen molar-refractivity contribution in [1.82, 2.24) is 4.98 Å². The molecule has 0 fully saturated rings. The van der Waals surface area contributed by atoms with Crippen molar-refractivity contribution >= 4 is 50.5 Å². The van der Waals surface area contributed by atoms with Crippen LogP contribution in [0.15, 0.2) is 94.3 Å². The van der Waals surface area contributed by atoms with Crippen LogP contribution in [0.4, 0.5) is 4.39 Å². The van der Waals surface area contributed by atoms with Crippen molar-refractivity contribution in [3.63, 3.8) is 0 Å². The van der Waals surface area contributed by atoms with E-state index in [4.69, 9.17) is 0 Å². The molecule has 0 saturated carbocycles. The Hall–Kier alpha value is -2.76. The molecule has 1 heterocycles. The van der Waals surface area contributed by atoms with Crippen molar-refractivity contribution in [3.05, 3.63) is 117 Å². The minimum Gasteiger partial charge on any atom is -0.288 e. The fourth-order valence-electron chi connectivity index (χ4n) is 2.95. The largest absolute Gasteiger partial charge is 0.288 e. The minimum absolute atomic E-state index is 0.0652. The van der Waals surface area contributed by atoms with Crippen LogP contribution in [0.3, 0.4) is 0 Å². The Bertz CT molecular complexity index is 1220. The molecule has 4 aromatic rings. The summed E-state index contributed by atoms with van der Waals surface area (Å²) in [5, 5.41) is 1.05. The molecular formula is C25H17BrFNOS. The summed E-state index contributed by atoms with van der Waals surface area (Å²) in [7, 11) is 0. The van der Waals surface area contributed by atoms with Gasteiger partial charge in [0.2, 0.25) is 0 Å². The van der Waals surface area contributed by atoms with Crippen molar-refractivity contribution in [3.8, 4) is 0 Å². The fraction of sp³-hybridized carbons (Fsp3) is 0.0400. The van der Waals surface area contributed by atoms with E-state index >= 15 is 0 Å². The number of hydrogen-bond donors (Lipinski definition) is 0. The maximum Gasteiger partial charge on any atom is 0.199 e. The number of Topliss-reactive ketones (excluding diaryl/α,β-unsaturated/α-hetero) is 1. The summed E-state index contributed by atoms with van der Waals surface area (Å²) in [6.07, 6.45) is 1.82. The topological polar surface area (TPSA) is 30.0 Å². The SMILES string of the molecule is O=C(/C(=C\c1ccc2ccccc2n1)SCc1ccc(F)cc1)c1ccc(Br)cc1. The molecular weight excluding hydrogens is 461 g/mol. The van der Waals surface area contributed by atoms with Crippen LogP contribution in [-0.2, 0) is 5.75 Å². The Morgan fingerprint density at radius 1 is 0.933 bits per heavy atom. The number of aromatic nitrogens is 1. The number of carbonyl (C=O) groups excluding carboxylic acids is 1. The molecule has 5 heteroatoms. The molecule has 0 aliphatic heterocycles. The molecule has 0 amide bonds. The third-order valence-electron chi connectivity index (χ3n) is 4.54. The summed E-state index contributed by atoms with van der Waals surface area (Å²) in [6.45, 7) is 0. The van der Waals surface area contributed by atoms with Gasteiger partial charge >= 0.3 is 0 Å². The van der Waals surface area contributed by atoms with Crippen LogP contribution in [0, 0.1) is 5.82 Å². The van der Waals surface area contributed by atoms with E-state index in [1.165, 1.54) is 23.9 Å². The van der Waals surface area contributed by atoms with Gasteiger partial charge in [-0.25, -0.2) is 9.37 Å². The van der Waals surface area contributed by atoms with E-state index in [9.17, 15) is 9.18 Å². The number of para-hydroxylation sites is 1. The number of rotatable bonds is 6. The molecule has 30 heavy (non-hydrogen) atoms. The van der Waals surface area contributed by atoms with Crippen LogP contribution in [0.1, 0.15) is 21.6 Å². The minimum atomic E-state index is -0.272. The third-order valence-corrected chi connectivity index (χ3v) is 6.16. The average Bonchev–Trinajstić information content (AvgIpc) is 2.77. The molecule has 148 valence electrons. The number of benzene rings is 3. The van der Waals surface area contributed by atoms with Crippen LogP contribution in [0.5, 0.6) is 0 Å². The van der Waals surface area contributed by atoms with Gasteiger partial charge in [-0.15, -0.1) is 11.8 Å². The smallest absolute Gasteiger partial charge is 0.199 e. The molecule has 4 rings (SSSR count). The van der Waals surface area contributed by atoms with Gasteiger partial charge in [0.25, 0.3) is 0 Å². The number of allylic oxidation sites excluding steroid dienone is 1. The molecule has 0 bridgehead atoms. The number of ketones is 1. The molecule has 0 aliphatic carbocycles. The summed E-state index contributed by atoms with van der Waals surface area (Å²) in [6, 6.07) is 25.4. The Morgan fingerprint density at radius 3 is 2.43 bits per heavy atom. The zero-order valence-corrected chi connectivity index (χ0v) is 18.3. The first-order valence-electron chi connectivity index (χ1n) is 9.33. The normalized spacial score (nSPS) is 11.6. The molecule has 3 aromatic carbocycles. The van der Waals surface area contributed by atoms with Crippen LogP contribution >= 0.6 is 27.7 Å². The van der Waals surface area contributed by atoms with Gasteiger partial charge in [0.05, 0.1) is 16.1 Å². The molecule has 0 aliphatic rings. The summed E-state index contributed by atoms with van der Waals surface area (Å²) >= 11 is 4.83. The van der Waals surface area contributed by atoms with Crippen molar-refractivity contribution < 1.29 is 9.18 Å². The van der Waals surface area contributed by atoms with Gasteiger partial charge in [-0.3, -0.25) is 4.79 Å². The van der Waals surface area contributed by atoms with Gasteiger partial charge in [0.1, 0.15) is 5.82 Å². The number of nitrogens with zero attached hydrogens (tertiary/aromatic N) is 1. The first-order valence-corrected chi connectivity index (χ1v) is 11.1. The second-order valence-electron chi connectivity index (χ2n) is 6.69. The quantitative estimate of drug-likeness (QED) is 0.215. The number of carbonyl (C=O) groups is 1. The van der Waals surface area contributed by atoms with Crippen molar-refractivity contribution in [2.24, 2.45) is 0 Å². The predicted molar refractivity (Wildman–Crippen MR) is 126 cm³/mol. The maximum absolute atomic E-state index is 13.2. The molecule has 0 atom stereocenters. The summed E-state index contributed by atoms with van der Waals surface area (Å²) in [5.41, 5.74) is 3.16.